The Bertz CT molecular complexity index is 721. The van der Waals surface area contributed by atoms with Crippen molar-refractivity contribution >= 4 is 23.1 Å². The van der Waals surface area contributed by atoms with Crippen LogP contribution in [-0.4, -0.2) is 42.1 Å². The molecule has 2 aromatic rings. The van der Waals surface area contributed by atoms with Crippen molar-refractivity contribution in [1.82, 2.24) is 9.97 Å². The number of rotatable bonds is 6. The highest BCUT2D eigenvalue weighted by Crippen LogP contribution is 2.20. The smallest absolute Gasteiger partial charge is 0.274 e. The maximum atomic E-state index is 12.5. The van der Waals surface area contributed by atoms with Crippen LogP contribution in [0.3, 0.4) is 0 Å². The van der Waals surface area contributed by atoms with Crippen molar-refractivity contribution in [1.29, 1.82) is 0 Å². The molecule has 0 saturated carbocycles. The lowest BCUT2D eigenvalue weighted by Crippen LogP contribution is -2.30. The van der Waals surface area contributed by atoms with Gasteiger partial charge in [0.1, 0.15) is 17.8 Å². The van der Waals surface area contributed by atoms with Gasteiger partial charge in [0.15, 0.2) is 0 Å². The van der Waals surface area contributed by atoms with E-state index in [1.54, 1.807) is 6.07 Å². The zero-order valence-electron chi connectivity index (χ0n) is 15.6. The van der Waals surface area contributed by atoms with Crippen molar-refractivity contribution in [2.75, 3.05) is 41.3 Å². The molecular formula is C20H27N5O. The fourth-order valence-electron chi connectivity index (χ4n) is 3.31. The summed E-state index contributed by atoms with van der Waals surface area (Å²) in [5, 5.41) is 2.92. The van der Waals surface area contributed by atoms with Gasteiger partial charge in [-0.25, -0.2) is 9.97 Å². The third kappa shape index (κ3) is 4.31. The predicted molar refractivity (Wildman–Crippen MR) is 106 cm³/mol. The van der Waals surface area contributed by atoms with E-state index in [-0.39, 0.29) is 5.91 Å². The number of anilines is 3. The Morgan fingerprint density at radius 2 is 1.77 bits per heavy atom. The van der Waals surface area contributed by atoms with Crippen molar-refractivity contribution < 1.29 is 4.79 Å². The quantitative estimate of drug-likeness (QED) is 0.860. The van der Waals surface area contributed by atoms with E-state index in [0.717, 1.165) is 43.4 Å². The van der Waals surface area contributed by atoms with Crippen LogP contribution in [0.25, 0.3) is 0 Å². The number of hydrogen-bond acceptors (Lipinski definition) is 5. The highest BCUT2D eigenvalue weighted by molar-refractivity contribution is 6.03. The first-order chi connectivity index (χ1) is 12.7. The van der Waals surface area contributed by atoms with Gasteiger partial charge in [-0.3, -0.25) is 4.79 Å². The molecule has 1 fully saturated rings. The fourth-order valence-corrected chi connectivity index (χ4v) is 3.31. The van der Waals surface area contributed by atoms with Crippen molar-refractivity contribution in [3.63, 3.8) is 0 Å². The van der Waals surface area contributed by atoms with Crippen LogP contribution in [0, 0.1) is 0 Å². The molecule has 1 aromatic carbocycles. The second-order valence-corrected chi connectivity index (χ2v) is 6.48. The molecule has 0 spiro atoms. The third-order valence-electron chi connectivity index (χ3n) is 4.82. The molecule has 0 atom stereocenters. The zero-order valence-corrected chi connectivity index (χ0v) is 15.6. The van der Waals surface area contributed by atoms with Gasteiger partial charge in [0, 0.05) is 43.6 Å². The van der Waals surface area contributed by atoms with E-state index in [0.29, 0.717) is 5.69 Å². The molecule has 0 radical (unpaired) electrons. The number of nitrogens with zero attached hydrogens (tertiary/aromatic N) is 4. The Labute approximate surface area is 155 Å². The van der Waals surface area contributed by atoms with Crippen LogP contribution < -0.4 is 15.1 Å². The van der Waals surface area contributed by atoms with Crippen molar-refractivity contribution in [2.45, 2.75) is 33.1 Å². The van der Waals surface area contributed by atoms with Crippen LogP contribution in [-0.2, 0) is 0 Å². The van der Waals surface area contributed by atoms with E-state index in [1.165, 1.54) is 25.6 Å². The first kappa shape index (κ1) is 18.2. The van der Waals surface area contributed by atoms with Crippen molar-refractivity contribution in [2.24, 2.45) is 0 Å². The normalized spacial score (nSPS) is 14.2. The number of amides is 1. The average molecular weight is 353 g/mol. The number of piperidine rings is 1. The maximum absolute atomic E-state index is 12.5. The predicted octanol–water partition coefficient (Wildman–Crippen LogP) is 3.57. The number of hydrogen-bond donors (Lipinski definition) is 1. The molecule has 26 heavy (non-hydrogen) atoms. The number of benzene rings is 1. The first-order valence-corrected chi connectivity index (χ1v) is 9.44. The molecule has 0 unspecified atom stereocenters. The van der Waals surface area contributed by atoms with Crippen LogP contribution in [0.5, 0.6) is 0 Å². The Balaban J connectivity index is 1.68. The number of aromatic nitrogens is 2. The van der Waals surface area contributed by atoms with Gasteiger partial charge in [0.25, 0.3) is 5.91 Å². The van der Waals surface area contributed by atoms with Crippen molar-refractivity contribution in [3.05, 3.63) is 42.4 Å². The zero-order chi connectivity index (χ0) is 18.4. The van der Waals surface area contributed by atoms with Gasteiger partial charge < -0.3 is 15.1 Å². The summed E-state index contributed by atoms with van der Waals surface area (Å²) in [5.41, 5.74) is 2.32. The summed E-state index contributed by atoms with van der Waals surface area (Å²) in [6.07, 6.45) is 5.08. The Morgan fingerprint density at radius 1 is 1.08 bits per heavy atom. The number of carbonyl (C=O) groups excluding carboxylic acids is 1. The van der Waals surface area contributed by atoms with Crippen LogP contribution in [0.2, 0.25) is 0 Å². The van der Waals surface area contributed by atoms with Gasteiger partial charge in [0.05, 0.1) is 0 Å². The summed E-state index contributed by atoms with van der Waals surface area (Å²) in [4.78, 5) is 25.5. The van der Waals surface area contributed by atoms with Gasteiger partial charge in [-0.2, -0.15) is 0 Å². The fraction of sp³-hybridized carbons (Fsp3) is 0.450. The second-order valence-electron chi connectivity index (χ2n) is 6.48. The lowest BCUT2D eigenvalue weighted by Gasteiger charge is -2.27. The summed E-state index contributed by atoms with van der Waals surface area (Å²) in [6.45, 7) is 8.17. The third-order valence-corrected chi connectivity index (χ3v) is 4.82. The summed E-state index contributed by atoms with van der Waals surface area (Å²) < 4.78 is 0. The molecule has 6 nitrogen and oxygen atoms in total. The van der Waals surface area contributed by atoms with Crippen LogP contribution >= 0.6 is 0 Å². The molecule has 1 aromatic heterocycles. The second kappa shape index (κ2) is 8.65. The van der Waals surface area contributed by atoms with Crippen LogP contribution in [0.1, 0.15) is 43.6 Å². The SMILES string of the molecule is CCN(CC)c1ccc(NC(=O)c2cc(N3CCCCC3)ncn2)cc1. The van der Waals surface area contributed by atoms with Gasteiger partial charge in [-0.15, -0.1) is 0 Å². The maximum Gasteiger partial charge on any atom is 0.274 e. The Morgan fingerprint density at radius 3 is 2.42 bits per heavy atom. The van der Waals surface area contributed by atoms with E-state index in [1.807, 2.05) is 24.3 Å². The van der Waals surface area contributed by atoms with Gasteiger partial charge in [-0.1, -0.05) is 0 Å². The topological polar surface area (TPSA) is 61.4 Å². The van der Waals surface area contributed by atoms with Crippen LogP contribution in [0.4, 0.5) is 17.2 Å². The van der Waals surface area contributed by atoms with Crippen LogP contribution in [0.15, 0.2) is 36.7 Å². The standard InChI is InChI=1S/C20H27N5O/c1-3-24(4-2)17-10-8-16(9-11-17)23-20(26)18-14-19(22-15-21-18)25-12-6-5-7-13-25/h8-11,14-15H,3-7,12-13H2,1-2H3,(H,23,26). The van der Waals surface area contributed by atoms with E-state index in [9.17, 15) is 4.79 Å². The largest absolute Gasteiger partial charge is 0.372 e. The number of carbonyl (C=O) groups is 1. The molecule has 6 heteroatoms. The molecule has 1 N–H and O–H groups in total. The van der Waals surface area contributed by atoms with E-state index in [2.05, 4.69) is 38.9 Å². The lowest BCUT2D eigenvalue weighted by molar-refractivity contribution is 0.102. The summed E-state index contributed by atoms with van der Waals surface area (Å²) in [7, 11) is 0. The molecule has 3 rings (SSSR count). The molecular weight excluding hydrogens is 326 g/mol. The summed E-state index contributed by atoms with van der Waals surface area (Å²) >= 11 is 0. The molecule has 2 heterocycles. The first-order valence-electron chi connectivity index (χ1n) is 9.44. The summed E-state index contributed by atoms with van der Waals surface area (Å²) in [6, 6.07) is 9.70. The Hall–Kier alpha value is -2.63. The summed E-state index contributed by atoms with van der Waals surface area (Å²) in [5.74, 6) is 0.628. The minimum absolute atomic E-state index is 0.207. The highest BCUT2D eigenvalue weighted by atomic mass is 16.1. The minimum atomic E-state index is -0.207. The highest BCUT2D eigenvalue weighted by Gasteiger charge is 2.15. The molecule has 138 valence electrons. The van der Waals surface area contributed by atoms with Gasteiger partial charge in [0.2, 0.25) is 0 Å². The van der Waals surface area contributed by atoms with Crippen molar-refractivity contribution in [3.8, 4) is 0 Å². The van der Waals surface area contributed by atoms with E-state index >= 15 is 0 Å². The molecule has 0 bridgehead atoms. The van der Waals surface area contributed by atoms with Gasteiger partial charge >= 0.3 is 0 Å². The molecule has 1 saturated heterocycles. The van der Waals surface area contributed by atoms with E-state index < -0.39 is 0 Å². The minimum Gasteiger partial charge on any atom is -0.372 e. The molecule has 1 aliphatic rings. The lowest BCUT2D eigenvalue weighted by atomic mass is 10.1. The average Bonchev–Trinajstić information content (AvgIpc) is 2.71. The molecule has 0 aliphatic carbocycles. The molecule has 1 aliphatic heterocycles. The number of nitrogens with one attached hydrogen (secondary N) is 1. The van der Waals surface area contributed by atoms with E-state index in [4.69, 9.17) is 0 Å². The van der Waals surface area contributed by atoms with Gasteiger partial charge in [-0.05, 0) is 57.4 Å². The Kier molecular flexibility index (Phi) is 6.04. The monoisotopic (exact) mass is 353 g/mol. The molecule has 1 amide bonds.